The first-order chi connectivity index (χ1) is 3.71. The summed E-state index contributed by atoms with van der Waals surface area (Å²) >= 11 is 0. The fourth-order valence-corrected chi connectivity index (χ4v) is 1.10. The molecule has 0 aliphatic carbocycles. The maximum atomic E-state index is 9.32. The van der Waals surface area contributed by atoms with E-state index in [-0.39, 0.29) is 80.9 Å². The first-order valence-electron chi connectivity index (χ1n) is 1.46. The van der Waals surface area contributed by atoms with Crippen LogP contribution in [0.4, 0.5) is 0 Å². The molecular formula is KNaO7P2-2. The van der Waals surface area contributed by atoms with E-state index in [1.165, 1.54) is 0 Å². The second-order valence-corrected chi connectivity index (χ2v) is 3.42. The first kappa shape index (κ1) is 19.5. The van der Waals surface area contributed by atoms with Gasteiger partial charge in [0, 0.05) is 0 Å². The van der Waals surface area contributed by atoms with E-state index in [1.54, 1.807) is 0 Å². The molecule has 0 amide bonds. The van der Waals surface area contributed by atoms with Crippen LogP contribution in [-0.2, 0) is 13.4 Å². The third-order valence-corrected chi connectivity index (χ3v) is 1.80. The van der Waals surface area contributed by atoms with Crippen LogP contribution < -0.4 is 101 Å². The van der Waals surface area contributed by atoms with Gasteiger partial charge in [-0.3, -0.25) is 0 Å². The van der Waals surface area contributed by atoms with Gasteiger partial charge >= 0.3 is 80.9 Å². The van der Waals surface area contributed by atoms with E-state index >= 15 is 0 Å². The molecule has 0 atom stereocenters. The summed E-state index contributed by atoms with van der Waals surface area (Å²) in [6.45, 7) is 0. The van der Waals surface area contributed by atoms with Gasteiger partial charge in [0.2, 0.25) is 0 Å². The molecule has 0 aromatic carbocycles. The van der Waals surface area contributed by atoms with Crippen molar-refractivity contribution >= 4 is 15.6 Å². The molecular weight excluding hydrogens is 236 g/mol. The summed E-state index contributed by atoms with van der Waals surface area (Å²) in [4.78, 5) is 37.3. The van der Waals surface area contributed by atoms with Gasteiger partial charge in [0.05, 0.1) is 15.6 Å². The smallest absolute Gasteiger partial charge is 0.790 e. The Bertz CT molecular complexity index is 157. The molecule has 0 fully saturated rings. The van der Waals surface area contributed by atoms with Gasteiger partial charge < -0.3 is 33.0 Å². The van der Waals surface area contributed by atoms with Crippen molar-refractivity contribution < 1.29 is 114 Å². The van der Waals surface area contributed by atoms with E-state index < -0.39 is 15.6 Å². The predicted molar refractivity (Wildman–Crippen MR) is 16.3 cm³/mol. The van der Waals surface area contributed by atoms with E-state index in [0.29, 0.717) is 0 Å². The van der Waals surface area contributed by atoms with E-state index in [1.807, 2.05) is 0 Å². The van der Waals surface area contributed by atoms with Gasteiger partial charge in [0.15, 0.2) is 0 Å². The molecule has 11 heavy (non-hydrogen) atoms. The average molecular weight is 236 g/mol. The van der Waals surface area contributed by atoms with Gasteiger partial charge in [0.25, 0.3) is 0 Å². The Morgan fingerprint density at radius 1 is 0.909 bits per heavy atom. The SMILES string of the molecule is O=P([O-])([O-])OP(=O)([O-])[O-].[K+].[Na+]. The van der Waals surface area contributed by atoms with Crippen molar-refractivity contribution in [2.75, 3.05) is 0 Å². The molecule has 56 valence electrons. The van der Waals surface area contributed by atoms with E-state index in [0.717, 1.165) is 0 Å². The number of phosphoric acid groups is 2. The van der Waals surface area contributed by atoms with Crippen molar-refractivity contribution in [3.8, 4) is 0 Å². The van der Waals surface area contributed by atoms with Crippen molar-refractivity contribution in [3.05, 3.63) is 0 Å². The fraction of sp³-hybridized carbons (Fsp3) is 0. The molecule has 0 N–H and O–H groups in total. The van der Waals surface area contributed by atoms with Crippen molar-refractivity contribution in [3.63, 3.8) is 0 Å². The zero-order chi connectivity index (χ0) is 7.71. The zero-order valence-corrected chi connectivity index (χ0v) is 12.7. The van der Waals surface area contributed by atoms with Crippen molar-refractivity contribution in [1.29, 1.82) is 0 Å². The Balaban J connectivity index is -0.000000320. The molecule has 0 aliphatic rings. The number of hydrogen-bond donors (Lipinski definition) is 0. The van der Waals surface area contributed by atoms with Gasteiger partial charge in [-0.25, -0.2) is 0 Å². The Hall–Kier alpha value is 2.90. The normalized spacial score (nSPS) is 11.3. The van der Waals surface area contributed by atoms with Crippen LogP contribution in [-0.4, -0.2) is 0 Å². The van der Waals surface area contributed by atoms with Gasteiger partial charge in [-0.2, -0.15) is 0 Å². The second-order valence-electron chi connectivity index (χ2n) is 0.976. The molecule has 0 rings (SSSR count). The topological polar surface area (TPSA) is 136 Å². The summed E-state index contributed by atoms with van der Waals surface area (Å²) < 4.78 is 21.2. The minimum absolute atomic E-state index is 0. The van der Waals surface area contributed by atoms with Crippen LogP contribution in [0.3, 0.4) is 0 Å². The summed E-state index contributed by atoms with van der Waals surface area (Å²) in [6, 6.07) is 0. The molecule has 7 nitrogen and oxygen atoms in total. The summed E-state index contributed by atoms with van der Waals surface area (Å²) in [7, 11) is -11.4. The van der Waals surface area contributed by atoms with Crippen LogP contribution in [0, 0.1) is 0 Å². The molecule has 11 heteroatoms. The Morgan fingerprint density at radius 2 is 1.09 bits per heavy atom. The average Bonchev–Trinajstić information content (AvgIpc) is 1.14. The van der Waals surface area contributed by atoms with Crippen LogP contribution in [0.25, 0.3) is 0 Å². The quantitative estimate of drug-likeness (QED) is 0.343. The molecule has 0 radical (unpaired) electrons. The molecule has 0 saturated carbocycles. The third kappa shape index (κ3) is 19.3. The van der Waals surface area contributed by atoms with Crippen LogP contribution in [0.5, 0.6) is 0 Å². The Labute approximate surface area is 127 Å². The second kappa shape index (κ2) is 7.22. The van der Waals surface area contributed by atoms with Crippen molar-refractivity contribution in [2.24, 2.45) is 0 Å². The van der Waals surface area contributed by atoms with E-state index in [9.17, 15) is 28.7 Å². The molecule has 0 heterocycles. The summed E-state index contributed by atoms with van der Waals surface area (Å²) in [5.41, 5.74) is 0. The summed E-state index contributed by atoms with van der Waals surface area (Å²) in [5.74, 6) is 0. The van der Waals surface area contributed by atoms with Gasteiger partial charge in [-0.1, -0.05) is 0 Å². The predicted octanol–water partition coefficient (Wildman–Crippen LogP) is -9.33. The van der Waals surface area contributed by atoms with Gasteiger partial charge in [-0.15, -0.1) is 0 Å². The molecule has 0 aliphatic heterocycles. The van der Waals surface area contributed by atoms with E-state index in [4.69, 9.17) is 0 Å². The summed E-state index contributed by atoms with van der Waals surface area (Å²) in [5, 5.41) is 0. The van der Waals surface area contributed by atoms with Gasteiger partial charge in [0.1, 0.15) is 0 Å². The molecule has 0 saturated heterocycles. The standard InChI is InChI=1S/K.Na.H4O7P2/c;;1-8(2,3)7-9(4,5)6/h;;(H2,1,2,3)(H2,4,5,6)/q2*+1;/p-4. The number of rotatable bonds is 2. The maximum absolute atomic E-state index is 9.32. The van der Waals surface area contributed by atoms with Crippen LogP contribution in [0.1, 0.15) is 0 Å². The molecule has 0 spiro atoms. The first-order valence-corrected chi connectivity index (χ1v) is 4.38. The fourth-order valence-electron chi connectivity index (χ4n) is 0.122. The van der Waals surface area contributed by atoms with Crippen molar-refractivity contribution in [1.82, 2.24) is 0 Å². The molecule has 0 aromatic rings. The Morgan fingerprint density at radius 3 is 1.09 bits per heavy atom. The van der Waals surface area contributed by atoms with Crippen LogP contribution >= 0.6 is 15.6 Å². The molecule has 0 aromatic heterocycles. The molecule has 0 bridgehead atoms. The van der Waals surface area contributed by atoms with Crippen molar-refractivity contribution in [2.45, 2.75) is 0 Å². The third-order valence-electron chi connectivity index (χ3n) is 0.200. The number of hydrogen-bond acceptors (Lipinski definition) is 7. The molecule has 0 unspecified atom stereocenters. The Kier molecular flexibility index (Phi) is 12.8. The minimum Gasteiger partial charge on any atom is -0.790 e. The summed E-state index contributed by atoms with van der Waals surface area (Å²) in [6.07, 6.45) is 0. The van der Waals surface area contributed by atoms with E-state index in [2.05, 4.69) is 4.31 Å². The van der Waals surface area contributed by atoms with Crippen LogP contribution in [0.15, 0.2) is 0 Å². The maximum Gasteiger partial charge on any atom is 1.00 e. The van der Waals surface area contributed by atoms with Gasteiger partial charge in [-0.05, 0) is 0 Å². The minimum atomic E-state index is -5.68. The largest absolute Gasteiger partial charge is 1.00 e. The monoisotopic (exact) mass is 236 g/mol. The zero-order valence-electron chi connectivity index (χ0n) is 5.75. The van der Waals surface area contributed by atoms with Crippen LogP contribution in [0.2, 0.25) is 0 Å².